The summed E-state index contributed by atoms with van der Waals surface area (Å²) in [5.41, 5.74) is 1.81. The van der Waals surface area contributed by atoms with E-state index in [0.717, 1.165) is 11.3 Å². The van der Waals surface area contributed by atoms with Gasteiger partial charge in [-0.1, -0.05) is 18.2 Å². The van der Waals surface area contributed by atoms with Crippen molar-refractivity contribution in [2.45, 2.75) is 12.8 Å². The second-order valence-electron chi connectivity index (χ2n) is 6.15. The molecule has 1 N–H and O–H groups in total. The molecule has 0 saturated carbocycles. The minimum Gasteiger partial charge on any atom is -0.496 e. The molecule has 0 fully saturated rings. The topological polar surface area (TPSA) is 103 Å². The van der Waals surface area contributed by atoms with Gasteiger partial charge in [0, 0.05) is 6.42 Å². The predicted molar refractivity (Wildman–Crippen MR) is 105 cm³/mol. The van der Waals surface area contributed by atoms with Gasteiger partial charge in [-0.3, -0.25) is 10.1 Å². The van der Waals surface area contributed by atoms with Gasteiger partial charge in [-0.05, 0) is 42.3 Å². The lowest BCUT2D eigenvalue weighted by Gasteiger charge is -2.09. The summed E-state index contributed by atoms with van der Waals surface area (Å²) in [6.07, 6.45) is 3.85. The number of nitrogens with one attached hydrogen (secondary N) is 1. The fraction of sp³-hybridized carbons (Fsp3) is 0.143. The van der Waals surface area contributed by atoms with Crippen molar-refractivity contribution in [2.75, 3.05) is 12.4 Å². The maximum Gasteiger partial charge on any atom is 0.250 e. The summed E-state index contributed by atoms with van der Waals surface area (Å²) in [5, 5.41) is 10.9. The van der Waals surface area contributed by atoms with Crippen LogP contribution in [0.3, 0.4) is 0 Å². The van der Waals surface area contributed by atoms with Crippen molar-refractivity contribution in [1.29, 1.82) is 0 Å². The van der Waals surface area contributed by atoms with Crippen LogP contribution in [0, 0.1) is 0 Å². The van der Waals surface area contributed by atoms with Gasteiger partial charge in [-0.2, -0.15) is 0 Å². The maximum atomic E-state index is 12.4. The van der Waals surface area contributed by atoms with E-state index in [1.54, 1.807) is 31.4 Å². The second kappa shape index (κ2) is 8.39. The predicted octanol–water partition coefficient (Wildman–Crippen LogP) is 3.97. The average molecular weight is 390 g/mol. The van der Waals surface area contributed by atoms with Crippen molar-refractivity contribution in [1.82, 2.24) is 15.2 Å². The number of carbonyl (C=O) groups is 1. The number of aromatic nitrogens is 3. The Morgan fingerprint density at radius 1 is 0.966 bits per heavy atom. The van der Waals surface area contributed by atoms with E-state index in [2.05, 4.69) is 20.5 Å². The van der Waals surface area contributed by atoms with Crippen molar-refractivity contribution in [3.8, 4) is 28.7 Å². The number of furan rings is 2. The number of nitrogens with zero attached hydrogens (tertiary/aromatic N) is 3. The normalized spacial score (nSPS) is 10.7. The Labute approximate surface area is 166 Å². The van der Waals surface area contributed by atoms with Crippen molar-refractivity contribution in [3.63, 3.8) is 0 Å². The molecule has 0 saturated heterocycles. The molecule has 0 unspecified atom stereocenters. The molecule has 0 aliphatic rings. The van der Waals surface area contributed by atoms with E-state index in [9.17, 15) is 4.79 Å². The highest BCUT2D eigenvalue weighted by Gasteiger charge is 2.18. The minimum absolute atomic E-state index is 0.0942. The Morgan fingerprint density at radius 2 is 1.69 bits per heavy atom. The highest BCUT2D eigenvalue weighted by molar-refractivity contribution is 5.89. The quantitative estimate of drug-likeness (QED) is 0.509. The van der Waals surface area contributed by atoms with E-state index in [-0.39, 0.29) is 18.3 Å². The van der Waals surface area contributed by atoms with Gasteiger partial charge >= 0.3 is 0 Å². The maximum absolute atomic E-state index is 12.4. The van der Waals surface area contributed by atoms with Crippen molar-refractivity contribution < 1.29 is 18.4 Å². The molecule has 3 heterocycles. The van der Waals surface area contributed by atoms with Crippen LogP contribution in [0.25, 0.3) is 22.9 Å². The lowest BCUT2D eigenvalue weighted by Crippen LogP contribution is -2.16. The minimum atomic E-state index is -0.228. The van der Waals surface area contributed by atoms with Crippen LogP contribution in [-0.2, 0) is 11.2 Å². The lowest BCUT2D eigenvalue weighted by atomic mass is 10.1. The number of carbonyl (C=O) groups excluding carboxylic acids is 1. The second-order valence-corrected chi connectivity index (χ2v) is 6.15. The molecule has 0 aliphatic heterocycles. The van der Waals surface area contributed by atoms with Gasteiger partial charge in [0.15, 0.2) is 17.2 Å². The van der Waals surface area contributed by atoms with Crippen molar-refractivity contribution in [3.05, 3.63) is 66.6 Å². The summed E-state index contributed by atoms with van der Waals surface area (Å²) >= 11 is 0. The van der Waals surface area contributed by atoms with Gasteiger partial charge in [0.25, 0.3) is 0 Å². The van der Waals surface area contributed by atoms with E-state index in [0.29, 0.717) is 29.3 Å². The molecule has 146 valence electrons. The number of benzene rings is 1. The van der Waals surface area contributed by atoms with Crippen LogP contribution < -0.4 is 10.1 Å². The van der Waals surface area contributed by atoms with Gasteiger partial charge in [-0.15, -0.1) is 10.2 Å². The van der Waals surface area contributed by atoms with Gasteiger partial charge in [-0.25, -0.2) is 4.98 Å². The molecule has 0 bridgehead atoms. The Hall–Kier alpha value is -3.94. The average Bonchev–Trinajstić information content (AvgIpc) is 3.46. The zero-order valence-electron chi connectivity index (χ0n) is 15.7. The van der Waals surface area contributed by atoms with Crippen LogP contribution in [0.1, 0.15) is 12.0 Å². The van der Waals surface area contributed by atoms with Crippen molar-refractivity contribution in [2.24, 2.45) is 0 Å². The van der Waals surface area contributed by atoms with Crippen molar-refractivity contribution >= 4 is 11.9 Å². The number of rotatable bonds is 7. The first-order chi connectivity index (χ1) is 14.2. The molecule has 1 amide bonds. The molecule has 0 radical (unpaired) electrons. The van der Waals surface area contributed by atoms with Gasteiger partial charge < -0.3 is 13.6 Å². The van der Waals surface area contributed by atoms with Crippen LogP contribution in [-0.4, -0.2) is 28.2 Å². The number of aryl methyl sites for hydroxylation is 1. The molecule has 0 spiro atoms. The summed E-state index contributed by atoms with van der Waals surface area (Å²) in [7, 11) is 1.61. The Morgan fingerprint density at radius 3 is 2.38 bits per heavy atom. The van der Waals surface area contributed by atoms with E-state index in [1.807, 2.05) is 24.3 Å². The summed E-state index contributed by atoms with van der Waals surface area (Å²) in [5.74, 6) is 1.62. The standard InChI is InChI=1S/C21H18N4O4/c1-27-15-7-3-2-6-14(15)10-11-18(26)22-21-23-19(16-8-4-12-28-16)20(24-25-21)17-9-5-13-29-17/h2-9,12-13H,10-11H2,1H3,(H,22,23,25,26). The fourth-order valence-corrected chi connectivity index (χ4v) is 2.89. The highest BCUT2D eigenvalue weighted by Crippen LogP contribution is 2.29. The zero-order valence-corrected chi connectivity index (χ0v) is 15.7. The highest BCUT2D eigenvalue weighted by atomic mass is 16.5. The van der Waals surface area contributed by atoms with E-state index in [4.69, 9.17) is 13.6 Å². The molecule has 3 aromatic heterocycles. The van der Waals surface area contributed by atoms with Crippen LogP contribution >= 0.6 is 0 Å². The van der Waals surface area contributed by atoms with Crippen LogP contribution in [0.15, 0.2) is 69.9 Å². The molecule has 1 aromatic carbocycles. The lowest BCUT2D eigenvalue weighted by molar-refractivity contribution is -0.116. The molecule has 29 heavy (non-hydrogen) atoms. The monoisotopic (exact) mass is 390 g/mol. The van der Waals surface area contributed by atoms with Gasteiger partial charge in [0.05, 0.1) is 19.6 Å². The first kappa shape index (κ1) is 18.4. The number of para-hydroxylation sites is 1. The third kappa shape index (κ3) is 4.16. The summed E-state index contributed by atoms with van der Waals surface area (Å²) in [6, 6.07) is 14.6. The number of hydrogen-bond donors (Lipinski definition) is 1. The zero-order chi connectivity index (χ0) is 20.1. The Kier molecular flexibility index (Phi) is 5.33. The Balaban J connectivity index is 1.51. The van der Waals surface area contributed by atoms with E-state index >= 15 is 0 Å². The molecule has 4 aromatic rings. The van der Waals surface area contributed by atoms with Gasteiger partial charge in [0.1, 0.15) is 11.4 Å². The van der Waals surface area contributed by atoms with Gasteiger partial charge in [0.2, 0.25) is 11.9 Å². The first-order valence-electron chi connectivity index (χ1n) is 8.99. The largest absolute Gasteiger partial charge is 0.496 e. The first-order valence-corrected chi connectivity index (χ1v) is 8.99. The summed E-state index contributed by atoms with van der Waals surface area (Å²) in [6.45, 7) is 0. The summed E-state index contributed by atoms with van der Waals surface area (Å²) < 4.78 is 16.2. The number of amides is 1. The number of methoxy groups -OCH3 is 1. The molecule has 8 heteroatoms. The molecular weight excluding hydrogens is 372 g/mol. The molecular formula is C21H18N4O4. The summed E-state index contributed by atoms with van der Waals surface area (Å²) in [4.78, 5) is 16.8. The fourth-order valence-electron chi connectivity index (χ4n) is 2.89. The Bertz CT molecular complexity index is 1090. The van der Waals surface area contributed by atoms with E-state index < -0.39 is 0 Å². The number of ether oxygens (including phenoxy) is 1. The number of anilines is 1. The van der Waals surface area contributed by atoms with Crippen LogP contribution in [0.2, 0.25) is 0 Å². The van der Waals surface area contributed by atoms with E-state index in [1.165, 1.54) is 12.5 Å². The van der Waals surface area contributed by atoms with Crippen LogP contribution in [0.4, 0.5) is 5.95 Å². The molecule has 0 aliphatic carbocycles. The third-order valence-corrected chi connectivity index (χ3v) is 4.26. The molecule has 4 rings (SSSR count). The smallest absolute Gasteiger partial charge is 0.250 e. The molecule has 8 nitrogen and oxygen atoms in total. The SMILES string of the molecule is COc1ccccc1CCC(=O)Nc1nnc(-c2ccco2)c(-c2ccco2)n1. The number of hydrogen-bond acceptors (Lipinski definition) is 7. The molecule has 0 atom stereocenters. The third-order valence-electron chi connectivity index (χ3n) is 4.26. The van der Waals surface area contributed by atoms with Crippen LogP contribution in [0.5, 0.6) is 5.75 Å².